The smallest absolute Gasteiger partial charge is 0.107 e. The van der Waals surface area contributed by atoms with Crippen molar-refractivity contribution in [2.45, 2.75) is 39.2 Å². The zero-order valence-electron chi connectivity index (χ0n) is 12.9. The number of aromatic nitrogens is 1. The van der Waals surface area contributed by atoms with E-state index in [4.69, 9.17) is 20.9 Å². The van der Waals surface area contributed by atoms with Crippen LogP contribution in [0.25, 0.3) is 0 Å². The Morgan fingerprint density at radius 2 is 2.15 bits per heavy atom. The molecule has 0 bridgehead atoms. The van der Waals surface area contributed by atoms with E-state index in [-0.39, 0.29) is 11.3 Å². The number of thiazole rings is 1. The van der Waals surface area contributed by atoms with Gasteiger partial charge in [-0.25, -0.2) is 4.98 Å². The number of rotatable bonds is 8. The van der Waals surface area contributed by atoms with Gasteiger partial charge in [0.1, 0.15) is 5.01 Å². The van der Waals surface area contributed by atoms with Crippen LogP contribution in [-0.4, -0.2) is 42.5 Å². The van der Waals surface area contributed by atoms with Gasteiger partial charge in [-0.05, 0) is 0 Å². The van der Waals surface area contributed by atoms with Crippen LogP contribution in [0.2, 0.25) is 0 Å². The standard InChI is InChI=1S/C14H26N4OS/c1-14(2,3)11-10-20-13(17-11)9-18(7-8-19-4)6-5-12(15)16/h10H,5-9H2,1-4H3,(H3,15,16). The second-order valence-electron chi connectivity index (χ2n) is 5.92. The Kier molecular flexibility index (Phi) is 6.58. The number of methoxy groups -OCH3 is 1. The third kappa shape index (κ3) is 5.98. The van der Waals surface area contributed by atoms with Crippen molar-refractivity contribution in [2.24, 2.45) is 5.73 Å². The molecule has 0 saturated heterocycles. The van der Waals surface area contributed by atoms with Crippen molar-refractivity contribution in [3.8, 4) is 0 Å². The van der Waals surface area contributed by atoms with Crippen LogP contribution in [0, 0.1) is 5.41 Å². The third-order valence-electron chi connectivity index (χ3n) is 2.99. The lowest BCUT2D eigenvalue weighted by Crippen LogP contribution is -2.30. The number of hydrogen-bond donors (Lipinski definition) is 2. The highest BCUT2D eigenvalue weighted by atomic mass is 32.1. The van der Waals surface area contributed by atoms with Gasteiger partial charge in [0.25, 0.3) is 0 Å². The maximum absolute atomic E-state index is 7.34. The summed E-state index contributed by atoms with van der Waals surface area (Å²) < 4.78 is 5.13. The molecule has 20 heavy (non-hydrogen) atoms. The molecule has 6 heteroatoms. The van der Waals surface area contributed by atoms with E-state index in [0.29, 0.717) is 13.0 Å². The summed E-state index contributed by atoms with van der Waals surface area (Å²) in [5.41, 5.74) is 6.66. The molecule has 1 aromatic heterocycles. The quantitative estimate of drug-likeness (QED) is 0.570. The van der Waals surface area contributed by atoms with Crippen molar-refractivity contribution in [3.63, 3.8) is 0 Å². The van der Waals surface area contributed by atoms with E-state index in [0.717, 1.165) is 30.3 Å². The van der Waals surface area contributed by atoms with Gasteiger partial charge in [-0.2, -0.15) is 0 Å². The zero-order valence-corrected chi connectivity index (χ0v) is 13.7. The van der Waals surface area contributed by atoms with E-state index in [2.05, 4.69) is 31.1 Å². The van der Waals surface area contributed by atoms with Crippen LogP contribution in [0.15, 0.2) is 5.38 Å². The first kappa shape index (κ1) is 17.1. The van der Waals surface area contributed by atoms with Gasteiger partial charge in [-0.3, -0.25) is 10.3 Å². The number of hydrogen-bond acceptors (Lipinski definition) is 5. The molecule has 0 unspecified atom stereocenters. The molecule has 0 saturated carbocycles. The fraction of sp³-hybridized carbons (Fsp3) is 0.714. The monoisotopic (exact) mass is 298 g/mol. The largest absolute Gasteiger partial charge is 0.388 e. The molecule has 0 aliphatic heterocycles. The van der Waals surface area contributed by atoms with Crippen LogP contribution in [-0.2, 0) is 16.7 Å². The molecule has 0 aliphatic carbocycles. The normalized spacial score (nSPS) is 12.1. The zero-order chi connectivity index (χ0) is 15.2. The fourth-order valence-electron chi connectivity index (χ4n) is 1.69. The molecule has 0 radical (unpaired) electrons. The van der Waals surface area contributed by atoms with Crippen LogP contribution in [0.3, 0.4) is 0 Å². The first-order chi connectivity index (χ1) is 9.32. The lowest BCUT2D eigenvalue weighted by Gasteiger charge is -2.20. The van der Waals surface area contributed by atoms with Crippen molar-refractivity contribution in [3.05, 3.63) is 16.1 Å². The predicted molar refractivity (Wildman–Crippen MR) is 84.5 cm³/mol. The van der Waals surface area contributed by atoms with Crippen LogP contribution < -0.4 is 5.73 Å². The molecule has 3 N–H and O–H groups in total. The average molecular weight is 298 g/mol. The SMILES string of the molecule is COCCN(CCC(=N)N)Cc1nc(C(C)(C)C)cs1. The Bertz CT molecular complexity index is 425. The molecule has 1 rings (SSSR count). The Morgan fingerprint density at radius 3 is 2.65 bits per heavy atom. The summed E-state index contributed by atoms with van der Waals surface area (Å²) in [6.07, 6.45) is 0.585. The minimum absolute atomic E-state index is 0.0888. The van der Waals surface area contributed by atoms with Gasteiger partial charge in [0, 0.05) is 37.4 Å². The topological polar surface area (TPSA) is 75.2 Å². The van der Waals surface area contributed by atoms with Gasteiger partial charge < -0.3 is 10.5 Å². The van der Waals surface area contributed by atoms with Crippen molar-refractivity contribution < 1.29 is 4.74 Å². The van der Waals surface area contributed by atoms with Gasteiger partial charge >= 0.3 is 0 Å². The van der Waals surface area contributed by atoms with E-state index >= 15 is 0 Å². The molecule has 114 valence electrons. The molecule has 0 atom stereocenters. The predicted octanol–water partition coefficient (Wildman–Crippen LogP) is 2.22. The van der Waals surface area contributed by atoms with Crippen molar-refractivity contribution >= 4 is 17.2 Å². The van der Waals surface area contributed by atoms with Gasteiger partial charge in [0.05, 0.1) is 24.7 Å². The van der Waals surface area contributed by atoms with Crippen LogP contribution in [0.5, 0.6) is 0 Å². The first-order valence-electron chi connectivity index (χ1n) is 6.82. The molecule has 1 heterocycles. The summed E-state index contributed by atoms with van der Waals surface area (Å²) >= 11 is 1.69. The van der Waals surface area contributed by atoms with Crippen molar-refractivity contribution in [1.82, 2.24) is 9.88 Å². The second-order valence-corrected chi connectivity index (χ2v) is 6.86. The Labute approximate surface area is 125 Å². The molecule has 0 fully saturated rings. The summed E-state index contributed by atoms with van der Waals surface area (Å²) in [5, 5.41) is 10.6. The Balaban J connectivity index is 2.63. The Hall–Kier alpha value is -0.980. The molecule has 5 nitrogen and oxygen atoms in total. The number of ether oxygens (including phenoxy) is 1. The fourth-order valence-corrected chi connectivity index (χ4v) is 2.75. The number of nitrogens with zero attached hydrogens (tertiary/aromatic N) is 2. The summed E-state index contributed by atoms with van der Waals surface area (Å²) in [5.74, 6) is 0.224. The first-order valence-corrected chi connectivity index (χ1v) is 7.70. The number of nitrogens with one attached hydrogen (secondary N) is 1. The van der Waals surface area contributed by atoms with Gasteiger partial charge in [0.15, 0.2) is 0 Å². The van der Waals surface area contributed by atoms with E-state index in [1.165, 1.54) is 0 Å². The highest BCUT2D eigenvalue weighted by Crippen LogP contribution is 2.24. The summed E-state index contributed by atoms with van der Waals surface area (Å²) in [7, 11) is 1.70. The minimum Gasteiger partial charge on any atom is -0.388 e. The highest BCUT2D eigenvalue weighted by molar-refractivity contribution is 7.09. The van der Waals surface area contributed by atoms with Gasteiger partial charge in [-0.15, -0.1) is 11.3 Å². The molecular weight excluding hydrogens is 272 g/mol. The Morgan fingerprint density at radius 1 is 1.45 bits per heavy atom. The van der Waals surface area contributed by atoms with E-state index in [1.54, 1.807) is 18.4 Å². The van der Waals surface area contributed by atoms with Crippen LogP contribution in [0.1, 0.15) is 37.9 Å². The van der Waals surface area contributed by atoms with Crippen molar-refractivity contribution in [2.75, 3.05) is 26.8 Å². The highest BCUT2D eigenvalue weighted by Gasteiger charge is 2.18. The molecular formula is C14H26N4OS. The lowest BCUT2D eigenvalue weighted by molar-refractivity contribution is 0.145. The van der Waals surface area contributed by atoms with Gasteiger partial charge in [0.2, 0.25) is 0 Å². The summed E-state index contributed by atoms with van der Waals surface area (Å²) in [4.78, 5) is 6.94. The third-order valence-corrected chi connectivity index (χ3v) is 3.82. The van der Waals surface area contributed by atoms with Crippen molar-refractivity contribution in [1.29, 1.82) is 5.41 Å². The van der Waals surface area contributed by atoms with E-state index < -0.39 is 0 Å². The average Bonchev–Trinajstić information content (AvgIpc) is 2.80. The summed E-state index contributed by atoms with van der Waals surface area (Å²) in [6, 6.07) is 0. The lowest BCUT2D eigenvalue weighted by atomic mass is 9.93. The molecule has 0 aliphatic rings. The van der Waals surface area contributed by atoms with E-state index in [1.807, 2.05) is 0 Å². The maximum Gasteiger partial charge on any atom is 0.107 e. The molecule has 0 aromatic carbocycles. The van der Waals surface area contributed by atoms with Gasteiger partial charge in [-0.1, -0.05) is 20.8 Å². The second kappa shape index (κ2) is 7.71. The summed E-state index contributed by atoms with van der Waals surface area (Å²) in [6.45, 7) is 9.57. The molecule has 0 spiro atoms. The number of nitrogens with two attached hydrogens (primary N) is 1. The molecule has 0 amide bonds. The minimum atomic E-state index is 0.0888. The van der Waals surface area contributed by atoms with E-state index in [9.17, 15) is 0 Å². The maximum atomic E-state index is 7.34. The van der Waals surface area contributed by atoms with Crippen LogP contribution in [0.4, 0.5) is 0 Å². The molecule has 1 aromatic rings. The van der Waals surface area contributed by atoms with Crippen LogP contribution >= 0.6 is 11.3 Å². The number of amidine groups is 1.